The van der Waals surface area contributed by atoms with E-state index >= 15 is 0 Å². The lowest BCUT2D eigenvalue weighted by Gasteiger charge is -2.28. The monoisotopic (exact) mass is 424 g/mol. The summed E-state index contributed by atoms with van der Waals surface area (Å²) in [5, 5.41) is 19.8. The van der Waals surface area contributed by atoms with Crippen LogP contribution in [-0.2, 0) is 13.6 Å². The largest absolute Gasteiger partial charge is 0.493 e. The summed E-state index contributed by atoms with van der Waals surface area (Å²) in [6.07, 6.45) is 0.890. The average molecular weight is 425 g/mol. The summed E-state index contributed by atoms with van der Waals surface area (Å²) in [5.74, 6) is 3.83. The molecule has 0 radical (unpaired) electrons. The number of aromatic nitrogens is 3. The van der Waals surface area contributed by atoms with Crippen LogP contribution in [0.3, 0.4) is 0 Å². The van der Waals surface area contributed by atoms with Gasteiger partial charge in [0.2, 0.25) is 0 Å². The number of fused-ring (bicyclic) bond motifs is 1. The van der Waals surface area contributed by atoms with Gasteiger partial charge in [-0.25, -0.2) is 4.99 Å². The summed E-state index contributed by atoms with van der Waals surface area (Å²) in [7, 11) is 1.97. The minimum atomic E-state index is 0.152. The summed E-state index contributed by atoms with van der Waals surface area (Å²) < 4.78 is 7.78. The van der Waals surface area contributed by atoms with Crippen LogP contribution in [0.1, 0.15) is 48.1 Å². The molecule has 0 saturated carbocycles. The molecule has 2 aromatic heterocycles. The second-order valence-electron chi connectivity index (χ2n) is 7.60. The summed E-state index contributed by atoms with van der Waals surface area (Å²) in [5.41, 5.74) is 2.51. The maximum Gasteiger partial charge on any atom is 0.192 e. The zero-order chi connectivity index (χ0) is 20.9. The maximum atomic E-state index is 5.81. The van der Waals surface area contributed by atoms with Crippen molar-refractivity contribution in [2.45, 2.75) is 38.8 Å². The minimum Gasteiger partial charge on any atom is -0.493 e. The number of benzene rings is 1. The van der Waals surface area contributed by atoms with Crippen LogP contribution in [0.5, 0.6) is 5.75 Å². The standard InChI is InChI=1S/C22H28N6OS/c1-15(17-9-11-30-14-17)12-23-22(24-13-21-27-26-16(2)28(21)3)25-19-8-10-29-20-7-5-4-6-18(19)20/h4-7,9,11,14-15,19H,8,10,12-13H2,1-3H3,(H2,23,24,25). The molecule has 3 aromatic rings. The molecule has 1 aliphatic rings. The number of rotatable bonds is 6. The molecule has 0 aliphatic carbocycles. The first-order chi connectivity index (χ1) is 14.6. The summed E-state index contributed by atoms with van der Waals surface area (Å²) in [6.45, 7) is 6.12. The summed E-state index contributed by atoms with van der Waals surface area (Å²) in [4.78, 5) is 4.82. The molecular weight excluding hydrogens is 396 g/mol. The molecule has 1 aliphatic heterocycles. The highest BCUT2D eigenvalue weighted by molar-refractivity contribution is 7.07. The Hall–Kier alpha value is -2.87. The number of ether oxygens (including phenoxy) is 1. The van der Waals surface area contributed by atoms with Crippen LogP contribution < -0.4 is 15.4 Å². The number of aryl methyl sites for hydroxylation is 1. The van der Waals surface area contributed by atoms with Gasteiger partial charge in [0.15, 0.2) is 11.8 Å². The van der Waals surface area contributed by atoms with E-state index < -0.39 is 0 Å². The number of nitrogens with one attached hydrogen (secondary N) is 2. The Kier molecular flexibility index (Phi) is 6.32. The lowest BCUT2D eigenvalue weighted by molar-refractivity contribution is 0.261. The molecule has 158 valence electrons. The van der Waals surface area contributed by atoms with Crippen molar-refractivity contribution < 1.29 is 4.74 Å². The number of hydrogen-bond acceptors (Lipinski definition) is 5. The predicted octanol–water partition coefficient (Wildman–Crippen LogP) is 3.55. The molecule has 1 aromatic carbocycles. The first-order valence-corrected chi connectivity index (χ1v) is 11.2. The fourth-order valence-electron chi connectivity index (χ4n) is 3.47. The van der Waals surface area contributed by atoms with Gasteiger partial charge in [-0.15, -0.1) is 10.2 Å². The van der Waals surface area contributed by atoms with E-state index in [2.05, 4.69) is 50.6 Å². The van der Waals surface area contributed by atoms with E-state index in [0.717, 1.165) is 36.3 Å². The van der Waals surface area contributed by atoms with Crippen LogP contribution in [0, 0.1) is 6.92 Å². The molecule has 3 heterocycles. The van der Waals surface area contributed by atoms with E-state index in [1.165, 1.54) is 11.1 Å². The smallest absolute Gasteiger partial charge is 0.192 e. The van der Waals surface area contributed by atoms with Gasteiger partial charge < -0.3 is 19.9 Å². The van der Waals surface area contributed by atoms with Gasteiger partial charge in [-0.05, 0) is 41.3 Å². The van der Waals surface area contributed by atoms with E-state index in [9.17, 15) is 0 Å². The third kappa shape index (κ3) is 4.64. The number of thiophene rings is 1. The molecule has 8 heteroatoms. The van der Waals surface area contributed by atoms with E-state index in [0.29, 0.717) is 19.1 Å². The second kappa shape index (κ2) is 9.30. The average Bonchev–Trinajstić information content (AvgIpc) is 3.41. The number of guanidine groups is 1. The van der Waals surface area contributed by atoms with Crippen LogP contribution in [0.2, 0.25) is 0 Å². The molecule has 2 unspecified atom stereocenters. The van der Waals surface area contributed by atoms with Crippen molar-refractivity contribution in [3.63, 3.8) is 0 Å². The normalized spacial score (nSPS) is 17.2. The molecule has 2 atom stereocenters. The zero-order valence-electron chi connectivity index (χ0n) is 17.6. The third-order valence-corrected chi connectivity index (χ3v) is 6.22. The van der Waals surface area contributed by atoms with Crippen molar-refractivity contribution in [2.24, 2.45) is 12.0 Å². The minimum absolute atomic E-state index is 0.152. The summed E-state index contributed by atoms with van der Waals surface area (Å²) >= 11 is 1.73. The highest BCUT2D eigenvalue weighted by Crippen LogP contribution is 2.31. The Balaban J connectivity index is 1.51. The van der Waals surface area contributed by atoms with E-state index in [-0.39, 0.29) is 6.04 Å². The molecule has 30 heavy (non-hydrogen) atoms. The zero-order valence-corrected chi connectivity index (χ0v) is 18.4. The van der Waals surface area contributed by atoms with E-state index in [1.807, 2.05) is 36.7 Å². The highest BCUT2D eigenvalue weighted by Gasteiger charge is 2.22. The number of para-hydroxylation sites is 1. The molecule has 0 spiro atoms. The molecule has 4 rings (SSSR count). The van der Waals surface area contributed by atoms with Crippen LogP contribution in [0.4, 0.5) is 0 Å². The van der Waals surface area contributed by atoms with Crippen LogP contribution >= 0.6 is 11.3 Å². The predicted molar refractivity (Wildman–Crippen MR) is 120 cm³/mol. The summed E-state index contributed by atoms with van der Waals surface area (Å²) in [6, 6.07) is 10.5. The number of aliphatic imine (C=N–C) groups is 1. The number of nitrogens with zero attached hydrogens (tertiary/aromatic N) is 4. The molecule has 2 N–H and O–H groups in total. The second-order valence-corrected chi connectivity index (χ2v) is 8.38. The molecule has 0 amide bonds. The van der Waals surface area contributed by atoms with Crippen molar-refractivity contribution >= 4 is 17.3 Å². The van der Waals surface area contributed by atoms with Crippen LogP contribution in [-0.4, -0.2) is 33.9 Å². The fourth-order valence-corrected chi connectivity index (χ4v) is 4.25. The van der Waals surface area contributed by atoms with Gasteiger partial charge in [0.25, 0.3) is 0 Å². The molecule has 7 nitrogen and oxygen atoms in total. The van der Waals surface area contributed by atoms with E-state index in [4.69, 9.17) is 9.73 Å². The van der Waals surface area contributed by atoms with Gasteiger partial charge in [-0.3, -0.25) is 0 Å². The van der Waals surface area contributed by atoms with E-state index in [1.54, 1.807) is 11.3 Å². The van der Waals surface area contributed by atoms with Crippen LogP contribution in [0.15, 0.2) is 46.1 Å². The molecule has 0 saturated heterocycles. The first-order valence-electron chi connectivity index (χ1n) is 10.3. The Bertz CT molecular complexity index is 997. The topological polar surface area (TPSA) is 76.4 Å². The third-order valence-electron chi connectivity index (χ3n) is 5.52. The lowest BCUT2D eigenvalue weighted by Crippen LogP contribution is -2.42. The highest BCUT2D eigenvalue weighted by atomic mass is 32.1. The Morgan fingerprint density at radius 3 is 2.97 bits per heavy atom. The van der Waals surface area contributed by atoms with Crippen molar-refractivity contribution in [3.05, 3.63) is 63.9 Å². The van der Waals surface area contributed by atoms with Gasteiger partial charge in [0, 0.05) is 25.6 Å². The van der Waals surface area contributed by atoms with Crippen LogP contribution in [0.25, 0.3) is 0 Å². The van der Waals surface area contributed by atoms with Crippen molar-refractivity contribution in [2.75, 3.05) is 13.2 Å². The van der Waals surface area contributed by atoms with Gasteiger partial charge in [0.05, 0.1) is 12.6 Å². The lowest BCUT2D eigenvalue weighted by atomic mass is 10.0. The van der Waals surface area contributed by atoms with Crippen molar-refractivity contribution in [3.8, 4) is 5.75 Å². The quantitative estimate of drug-likeness (QED) is 0.468. The van der Waals surface area contributed by atoms with Gasteiger partial charge in [0.1, 0.15) is 18.1 Å². The first kappa shape index (κ1) is 20.4. The van der Waals surface area contributed by atoms with Gasteiger partial charge >= 0.3 is 0 Å². The van der Waals surface area contributed by atoms with Crippen molar-refractivity contribution in [1.82, 2.24) is 25.4 Å². The maximum absolute atomic E-state index is 5.81. The Labute approximate surface area is 181 Å². The molecule has 0 fully saturated rings. The van der Waals surface area contributed by atoms with Gasteiger partial charge in [-0.1, -0.05) is 25.1 Å². The Morgan fingerprint density at radius 2 is 2.20 bits per heavy atom. The van der Waals surface area contributed by atoms with Crippen molar-refractivity contribution in [1.29, 1.82) is 0 Å². The van der Waals surface area contributed by atoms with Gasteiger partial charge in [-0.2, -0.15) is 11.3 Å². The Morgan fingerprint density at radius 1 is 1.33 bits per heavy atom. The fraction of sp³-hybridized carbons (Fsp3) is 0.409. The number of hydrogen-bond donors (Lipinski definition) is 2. The SMILES string of the molecule is Cc1nnc(CN=C(NCC(C)c2ccsc2)NC2CCOc3ccccc32)n1C. The molecule has 0 bridgehead atoms. The molecular formula is C22H28N6OS.